The maximum absolute atomic E-state index is 13.3. The molecule has 29 heavy (non-hydrogen) atoms. The first kappa shape index (κ1) is 20.6. The summed E-state index contributed by atoms with van der Waals surface area (Å²) in [6.07, 6.45) is 0.774. The van der Waals surface area contributed by atoms with Crippen molar-refractivity contribution in [3.05, 3.63) is 57.5 Å². The number of nitro benzene ring substituents is 1. The molecule has 0 unspecified atom stereocenters. The van der Waals surface area contributed by atoms with Crippen LogP contribution in [0.25, 0.3) is 10.8 Å². The van der Waals surface area contributed by atoms with Crippen molar-refractivity contribution in [2.75, 3.05) is 18.4 Å². The summed E-state index contributed by atoms with van der Waals surface area (Å²) >= 11 is 1.48. The number of aromatic nitrogens is 2. The van der Waals surface area contributed by atoms with E-state index in [1.54, 1.807) is 4.90 Å². The number of thiophene rings is 1. The summed E-state index contributed by atoms with van der Waals surface area (Å²) in [4.78, 5) is 25.4. The van der Waals surface area contributed by atoms with E-state index in [0.29, 0.717) is 18.3 Å². The minimum atomic E-state index is -0.750. The van der Waals surface area contributed by atoms with Crippen LogP contribution in [0.3, 0.4) is 0 Å². The Bertz CT molecular complexity index is 992. The third-order valence-corrected chi connectivity index (χ3v) is 4.75. The van der Waals surface area contributed by atoms with Crippen LogP contribution < -0.4 is 5.32 Å². The van der Waals surface area contributed by atoms with E-state index in [9.17, 15) is 19.3 Å². The van der Waals surface area contributed by atoms with E-state index in [1.807, 2.05) is 24.4 Å². The van der Waals surface area contributed by atoms with Crippen molar-refractivity contribution in [3.8, 4) is 10.8 Å². The quantitative estimate of drug-likeness (QED) is 0.415. The molecule has 0 aliphatic rings. The number of carbonyl (C=O) groups excluding carboxylic acids is 1. The lowest BCUT2D eigenvalue weighted by Gasteiger charge is -2.19. The number of nitrogens with zero attached hydrogens (tertiary/aromatic N) is 4. The molecule has 2 aromatic heterocycles. The van der Waals surface area contributed by atoms with Gasteiger partial charge < -0.3 is 9.73 Å². The van der Waals surface area contributed by atoms with Gasteiger partial charge in [0.05, 0.1) is 29.0 Å². The average Bonchev–Trinajstić information content (AvgIpc) is 3.34. The summed E-state index contributed by atoms with van der Waals surface area (Å²) in [5, 5.41) is 23.5. The van der Waals surface area contributed by atoms with E-state index >= 15 is 0 Å². The second-order valence-electron chi connectivity index (χ2n) is 6.16. The number of hydrogen-bond donors (Lipinski definition) is 1. The number of anilines is 1. The van der Waals surface area contributed by atoms with Crippen LogP contribution in [0.2, 0.25) is 0 Å². The lowest BCUT2D eigenvalue weighted by Crippen LogP contribution is -2.33. The predicted molar refractivity (Wildman–Crippen MR) is 105 cm³/mol. The molecule has 1 N–H and O–H groups in total. The molecule has 0 saturated carbocycles. The van der Waals surface area contributed by atoms with Crippen molar-refractivity contribution < 1.29 is 18.5 Å². The highest BCUT2D eigenvalue weighted by atomic mass is 32.1. The van der Waals surface area contributed by atoms with Crippen LogP contribution in [-0.2, 0) is 11.3 Å². The highest BCUT2D eigenvalue weighted by Crippen LogP contribution is 2.25. The van der Waals surface area contributed by atoms with Crippen LogP contribution in [0.15, 0.2) is 40.1 Å². The molecular weight excluding hydrogens is 401 g/mol. The molecule has 3 rings (SSSR count). The molecule has 11 heteroatoms. The van der Waals surface area contributed by atoms with Gasteiger partial charge in [-0.15, -0.1) is 21.5 Å². The Balaban J connectivity index is 1.66. The molecule has 0 atom stereocenters. The second kappa shape index (κ2) is 9.34. The van der Waals surface area contributed by atoms with Gasteiger partial charge in [-0.3, -0.25) is 19.8 Å². The first-order chi connectivity index (χ1) is 14.0. The summed E-state index contributed by atoms with van der Waals surface area (Å²) in [6, 6.07) is 6.74. The van der Waals surface area contributed by atoms with E-state index < -0.39 is 22.3 Å². The molecule has 1 aromatic carbocycles. The van der Waals surface area contributed by atoms with E-state index in [0.717, 1.165) is 23.4 Å². The molecule has 3 aromatic rings. The zero-order chi connectivity index (χ0) is 20.8. The molecule has 0 saturated heterocycles. The Morgan fingerprint density at radius 3 is 2.90 bits per heavy atom. The lowest BCUT2D eigenvalue weighted by atomic mass is 10.2. The summed E-state index contributed by atoms with van der Waals surface area (Å²) in [6.45, 7) is 2.75. The second-order valence-corrected chi connectivity index (χ2v) is 7.10. The molecule has 1 amide bonds. The summed E-state index contributed by atoms with van der Waals surface area (Å²) < 4.78 is 18.9. The Hall–Kier alpha value is -3.18. The molecule has 0 bridgehead atoms. The Morgan fingerprint density at radius 2 is 2.21 bits per heavy atom. The fourth-order valence-electron chi connectivity index (χ4n) is 2.69. The number of rotatable bonds is 9. The van der Waals surface area contributed by atoms with Crippen molar-refractivity contribution in [2.24, 2.45) is 0 Å². The Kier molecular flexibility index (Phi) is 6.62. The standard InChI is InChI=1S/C18H18FN5O4S/c1-2-7-23(11-17-21-22-18(28-17)15-4-3-8-29-15)10-16(25)20-13-6-5-12(19)9-14(13)24(26)27/h3-6,8-9H,2,7,10-11H2,1H3,(H,20,25). The van der Waals surface area contributed by atoms with Gasteiger partial charge >= 0.3 is 0 Å². The van der Waals surface area contributed by atoms with Crippen molar-refractivity contribution in [1.29, 1.82) is 0 Å². The highest BCUT2D eigenvalue weighted by Gasteiger charge is 2.20. The largest absolute Gasteiger partial charge is 0.419 e. The smallest absolute Gasteiger partial charge is 0.295 e. The van der Waals surface area contributed by atoms with Crippen molar-refractivity contribution in [2.45, 2.75) is 19.9 Å². The number of hydrogen-bond acceptors (Lipinski definition) is 8. The van der Waals surface area contributed by atoms with Gasteiger partial charge in [-0.25, -0.2) is 4.39 Å². The monoisotopic (exact) mass is 419 g/mol. The summed E-state index contributed by atoms with van der Waals surface area (Å²) in [5.41, 5.74) is -0.562. The van der Waals surface area contributed by atoms with Gasteiger partial charge in [-0.1, -0.05) is 13.0 Å². The minimum Gasteiger partial charge on any atom is -0.419 e. The normalized spacial score (nSPS) is 11.0. The molecule has 0 aliphatic carbocycles. The van der Waals surface area contributed by atoms with Gasteiger partial charge in [0.25, 0.3) is 11.6 Å². The number of amides is 1. The number of halogens is 1. The van der Waals surface area contributed by atoms with Crippen LogP contribution in [-0.4, -0.2) is 39.0 Å². The number of carbonyl (C=O) groups is 1. The molecule has 152 valence electrons. The van der Waals surface area contributed by atoms with Crippen molar-refractivity contribution >= 4 is 28.6 Å². The number of benzene rings is 1. The van der Waals surface area contributed by atoms with Gasteiger partial charge in [0.1, 0.15) is 11.5 Å². The molecule has 0 fully saturated rings. The lowest BCUT2D eigenvalue weighted by molar-refractivity contribution is -0.384. The van der Waals surface area contributed by atoms with Gasteiger partial charge in [0.2, 0.25) is 11.8 Å². The zero-order valence-electron chi connectivity index (χ0n) is 15.5. The van der Waals surface area contributed by atoms with Crippen LogP contribution in [0.4, 0.5) is 15.8 Å². The van der Waals surface area contributed by atoms with E-state index in [1.165, 1.54) is 17.4 Å². The molecule has 0 aliphatic heterocycles. The number of nitro groups is 1. The Labute approximate surface area is 169 Å². The third-order valence-electron chi connectivity index (χ3n) is 3.90. The predicted octanol–water partition coefficient (Wildman–Crippen LogP) is 3.70. The summed E-state index contributed by atoms with van der Waals surface area (Å²) in [7, 11) is 0. The maximum Gasteiger partial charge on any atom is 0.295 e. The molecular formula is C18H18FN5O4S. The van der Waals surface area contributed by atoms with Crippen molar-refractivity contribution in [1.82, 2.24) is 15.1 Å². The number of nitrogens with one attached hydrogen (secondary N) is 1. The van der Waals surface area contributed by atoms with Gasteiger partial charge in [0, 0.05) is 0 Å². The average molecular weight is 419 g/mol. The minimum absolute atomic E-state index is 0.0426. The molecule has 0 spiro atoms. The van der Waals surface area contributed by atoms with E-state index in [-0.39, 0.29) is 18.8 Å². The van der Waals surface area contributed by atoms with Gasteiger partial charge in [-0.05, 0) is 36.5 Å². The van der Waals surface area contributed by atoms with Gasteiger partial charge in [0.15, 0.2) is 0 Å². The molecule has 0 radical (unpaired) electrons. The van der Waals surface area contributed by atoms with E-state index in [2.05, 4.69) is 15.5 Å². The first-order valence-corrected chi connectivity index (χ1v) is 9.66. The van der Waals surface area contributed by atoms with Crippen LogP contribution in [0.5, 0.6) is 0 Å². The first-order valence-electron chi connectivity index (χ1n) is 8.78. The highest BCUT2D eigenvalue weighted by molar-refractivity contribution is 7.13. The van der Waals surface area contributed by atoms with E-state index in [4.69, 9.17) is 4.42 Å². The van der Waals surface area contributed by atoms with Crippen LogP contribution >= 0.6 is 11.3 Å². The molecule has 9 nitrogen and oxygen atoms in total. The molecule has 2 heterocycles. The SMILES string of the molecule is CCCN(CC(=O)Nc1ccc(F)cc1[N+](=O)[O-])Cc1nnc(-c2cccs2)o1. The fourth-order valence-corrected chi connectivity index (χ4v) is 3.34. The fraction of sp³-hybridized carbons (Fsp3) is 0.278. The van der Waals surface area contributed by atoms with Gasteiger partial charge in [-0.2, -0.15) is 0 Å². The topological polar surface area (TPSA) is 114 Å². The summed E-state index contributed by atoms with van der Waals surface area (Å²) in [5.74, 6) is -0.438. The van der Waals surface area contributed by atoms with Crippen LogP contribution in [0, 0.1) is 15.9 Å². The van der Waals surface area contributed by atoms with Crippen LogP contribution in [0.1, 0.15) is 19.2 Å². The maximum atomic E-state index is 13.3. The van der Waals surface area contributed by atoms with Crippen molar-refractivity contribution in [3.63, 3.8) is 0 Å². The zero-order valence-corrected chi connectivity index (χ0v) is 16.3. The third kappa shape index (κ3) is 5.42. The Morgan fingerprint density at radius 1 is 1.38 bits per heavy atom.